The molecule has 1 aromatic rings. The van der Waals surface area contributed by atoms with Gasteiger partial charge in [-0.05, 0) is 31.7 Å². The molecule has 0 saturated heterocycles. The Bertz CT molecular complexity index is 633. The van der Waals surface area contributed by atoms with Gasteiger partial charge in [0.2, 0.25) is 11.8 Å². The molecule has 1 rings (SSSR count). The van der Waals surface area contributed by atoms with Crippen LogP contribution in [-0.2, 0) is 20.9 Å². The molecule has 8 nitrogen and oxygen atoms in total. The smallest absolute Gasteiger partial charge is 0.408 e. The molecule has 8 heteroatoms. The third-order valence-corrected chi connectivity index (χ3v) is 3.81. The molecule has 0 bridgehead atoms. The van der Waals surface area contributed by atoms with Crippen molar-refractivity contribution in [2.24, 2.45) is 5.73 Å². The quantitative estimate of drug-likeness (QED) is 0.337. The second-order valence-corrected chi connectivity index (χ2v) is 6.11. The molecule has 0 fully saturated rings. The number of rotatable bonds is 11. The van der Waals surface area contributed by atoms with Gasteiger partial charge in [0.1, 0.15) is 18.7 Å². The number of hydrogen-bond acceptors (Lipinski definition) is 5. The van der Waals surface area contributed by atoms with E-state index in [0.717, 1.165) is 5.56 Å². The predicted octanol–water partition coefficient (Wildman–Crippen LogP) is 0.989. The number of aliphatic hydroxyl groups excluding tert-OH is 1. The van der Waals surface area contributed by atoms with Crippen molar-refractivity contribution < 1.29 is 24.2 Å². The summed E-state index contributed by atoms with van der Waals surface area (Å²) in [6, 6.07) is 6.83. The topological polar surface area (TPSA) is 131 Å². The van der Waals surface area contributed by atoms with Gasteiger partial charge in [-0.3, -0.25) is 9.59 Å². The highest BCUT2D eigenvalue weighted by Crippen LogP contribution is 2.04. The Morgan fingerprint density at radius 1 is 1.26 bits per heavy atom. The Balaban J connectivity index is 2.61. The summed E-state index contributed by atoms with van der Waals surface area (Å²) in [6.07, 6.45) is 1.26. The van der Waals surface area contributed by atoms with Gasteiger partial charge < -0.3 is 26.2 Å². The van der Waals surface area contributed by atoms with Crippen LogP contribution in [0, 0.1) is 0 Å². The first-order chi connectivity index (χ1) is 12.8. The molecular formula is C19H27N3O5. The monoisotopic (exact) mass is 377 g/mol. The summed E-state index contributed by atoms with van der Waals surface area (Å²) < 4.78 is 5.05. The number of hydrogen-bond donors (Lipinski definition) is 4. The lowest BCUT2D eigenvalue weighted by molar-refractivity contribution is -0.130. The Morgan fingerprint density at radius 2 is 1.93 bits per heavy atom. The third kappa shape index (κ3) is 8.37. The molecule has 0 radical (unpaired) electrons. The minimum Gasteiger partial charge on any atom is -0.445 e. The number of unbranched alkanes of at least 4 members (excludes halogenated alkanes) is 1. The van der Waals surface area contributed by atoms with Crippen LogP contribution in [-0.4, -0.2) is 41.2 Å². The zero-order chi connectivity index (χ0) is 20.2. The summed E-state index contributed by atoms with van der Waals surface area (Å²) in [5, 5.41) is 14.6. The number of amides is 3. The molecule has 0 aliphatic carbocycles. The number of nitrogens with one attached hydrogen (secondary N) is 2. The van der Waals surface area contributed by atoms with E-state index in [0.29, 0.717) is 19.3 Å². The van der Waals surface area contributed by atoms with Crippen LogP contribution in [0.4, 0.5) is 4.79 Å². The van der Waals surface area contributed by atoms with Gasteiger partial charge in [0.15, 0.2) is 0 Å². The van der Waals surface area contributed by atoms with Gasteiger partial charge in [-0.25, -0.2) is 4.79 Å². The summed E-state index contributed by atoms with van der Waals surface area (Å²) in [6.45, 7) is 4.95. The largest absolute Gasteiger partial charge is 0.445 e. The predicted molar refractivity (Wildman–Crippen MR) is 100 cm³/mol. The normalized spacial score (nSPS) is 13.7. The van der Waals surface area contributed by atoms with Crippen molar-refractivity contribution in [3.8, 4) is 0 Å². The lowest BCUT2D eigenvalue weighted by Gasteiger charge is -2.23. The fourth-order valence-electron chi connectivity index (χ4n) is 2.31. The van der Waals surface area contributed by atoms with Gasteiger partial charge in [-0.2, -0.15) is 0 Å². The summed E-state index contributed by atoms with van der Waals surface area (Å²) >= 11 is 0. The maximum absolute atomic E-state index is 12.4. The van der Waals surface area contributed by atoms with Crippen molar-refractivity contribution in [2.45, 2.75) is 51.0 Å². The Morgan fingerprint density at radius 3 is 2.48 bits per heavy atom. The fourth-order valence-corrected chi connectivity index (χ4v) is 2.31. The van der Waals surface area contributed by atoms with Crippen LogP contribution in [0.25, 0.3) is 0 Å². The molecule has 0 saturated carbocycles. The number of carbonyl (C=O) groups is 3. The van der Waals surface area contributed by atoms with Gasteiger partial charge in [-0.15, -0.1) is 6.58 Å². The van der Waals surface area contributed by atoms with Crippen LogP contribution < -0.4 is 16.4 Å². The van der Waals surface area contributed by atoms with Crippen LogP contribution in [0.15, 0.2) is 43.0 Å². The summed E-state index contributed by atoms with van der Waals surface area (Å²) in [5.41, 5.74) is 6.08. The average Bonchev–Trinajstić information content (AvgIpc) is 2.64. The van der Waals surface area contributed by atoms with E-state index in [2.05, 4.69) is 17.2 Å². The highest BCUT2D eigenvalue weighted by molar-refractivity contribution is 5.91. The standard InChI is InChI=1S/C19H27N3O5/c1-3-4-6-11-15(17(20)24)21-18(25)16(13(2)23)22-19(26)27-12-14-9-7-5-8-10-14/h3,5,7-10,13,15-16,23H,1,4,6,11-12H2,2H3,(H2,20,24)(H,21,25)(H,22,26)/t13-,15-,16+/m1/s1. The van der Waals surface area contributed by atoms with Crippen molar-refractivity contribution in [1.82, 2.24) is 10.6 Å². The summed E-state index contributed by atoms with van der Waals surface area (Å²) in [4.78, 5) is 35.8. The van der Waals surface area contributed by atoms with Gasteiger partial charge in [-0.1, -0.05) is 36.4 Å². The van der Waals surface area contributed by atoms with E-state index in [1.807, 2.05) is 6.07 Å². The number of aliphatic hydroxyl groups is 1. The van der Waals surface area contributed by atoms with Crippen molar-refractivity contribution >= 4 is 17.9 Å². The number of nitrogens with two attached hydrogens (primary N) is 1. The molecule has 27 heavy (non-hydrogen) atoms. The maximum atomic E-state index is 12.4. The molecule has 0 aliphatic rings. The SMILES string of the molecule is C=CCCC[C@@H](NC(=O)[C@@H](NC(=O)OCc1ccccc1)[C@@H](C)O)C(N)=O. The fraction of sp³-hybridized carbons (Fsp3) is 0.421. The maximum Gasteiger partial charge on any atom is 0.408 e. The number of allylic oxidation sites excluding steroid dienone is 1. The molecule has 5 N–H and O–H groups in total. The number of alkyl carbamates (subject to hydrolysis) is 1. The van der Waals surface area contributed by atoms with E-state index >= 15 is 0 Å². The molecule has 0 aliphatic heterocycles. The second kappa shape index (κ2) is 11.7. The lowest BCUT2D eigenvalue weighted by atomic mass is 10.1. The first-order valence-electron chi connectivity index (χ1n) is 8.71. The van der Waals surface area contributed by atoms with E-state index in [1.54, 1.807) is 30.3 Å². The molecule has 0 unspecified atom stereocenters. The minimum absolute atomic E-state index is 0.0201. The van der Waals surface area contributed by atoms with Crippen LogP contribution in [0.3, 0.4) is 0 Å². The lowest BCUT2D eigenvalue weighted by Crippen LogP contribution is -2.56. The van der Waals surface area contributed by atoms with E-state index in [4.69, 9.17) is 10.5 Å². The van der Waals surface area contributed by atoms with E-state index in [1.165, 1.54) is 6.92 Å². The molecule has 1 aromatic carbocycles. The van der Waals surface area contributed by atoms with Crippen LogP contribution in [0.2, 0.25) is 0 Å². The zero-order valence-electron chi connectivity index (χ0n) is 15.4. The number of ether oxygens (including phenoxy) is 1. The third-order valence-electron chi connectivity index (χ3n) is 3.81. The van der Waals surface area contributed by atoms with Crippen LogP contribution in [0.5, 0.6) is 0 Å². The Labute approximate surface area is 158 Å². The molecule has 3 atom stereocenters. The van der Waals surface area contributed by atoms with E-state index < -0.39 is 36.1 Å². The first-order valence-corrected chi connectivity index (χ1v) is 8.71. The van der Waals surface area contributed by atoms with Gasteiger partial charge in [0.05, 0.1) is 6.10 Å². The second-order valence-electron chi connectivity index (χ2n) is 6.11. The Hall–Kier alpha value is -2.87. The summed E-state index contributed by atoms with van der Waals surface area (Å²) in [7, 11) is 0. The van der Waals surface area contributed by atoms with Crippen LogP contribution >= 0.6 is 0 Å². The highest BCUT2D eigenvalue weighted by Gasteiger charge is 2.29. The zero-order valence-corrected chi connectivity index (χ0v) is 15.4. The van der Waals surface area contributed by atoms with Gasteiger partial charge in [0.25, 0.3) is 0 Å². The number of primary amides is 1. The molecule has 0 aromatic heterocycles. The highest BCUT2D eigenvalue weighted by atomic mass is 16.5. The van der Waals surface area contributed by atoms with Gasteiger partial charge >= 0.3 is 6.09 Å². The first kappa shape index (κ1) is 22.2. The van der Waals surface area contributed by atoms with E-state index in [9.17, 15) is 19.5 Å². The molecule has 3 amide bonds. The van der Waals surface area contributed by atoms with Crippen molar-refractivity contribution in [2.75, 3.05) is 0 Å². The minimum atomic E-state index is -1.28. The van der Waals surface area contributed by atoms with Crippen molar-refractivity contribution in [3.05, 3.63) is 48.6 Å². The molecular weight excluding hydrogens is 350 g/mol. The number of carbonyl (C=O) groups excluding carboxylic acids is 3. The van der Waals surface area contributed by atoms with E-state index in [-0.39, 0.29) is 6.61 Å². The molecule has 148 valence electrons. The average molecular weight is 377 g/mol. The van der Waals surface area contributed by atoms with Crippen LogP contribution in [0.1, 0.15) is 31.7 Å². The Kier molecular flexibility index (Phi) is 9.60. The van der Waals surface area contributed by atoms with Crippen molar-refractivity contribution in [1.29, 1.82) is 0 Å². The molecule has 0 heterocycles. The molecule has 0 spiro atoms. The summed E-state index contributed by atoms with van der Waals surface area (Å²) in [5.74, 6) is -1.41. The number of benzene rings is 1. The van der Waals surface area contributed by atoms with Gasteiger partial charge in [0, 0.05) is 0 Å². The van der Waals surface area contributed by atoms with Crippen molar-refractivity contribution in [3.63, 3.8) is 0 Å².